The second kappa shape index (κ2) is 4.48. The number of carbonyl (C=O) groups excluding carboxylic acids is 1. The van der Waals surface area contributed by atoms with Gasteiger partial charge in [0, 0.05) is 11.8 Å². The number of nitrogens with two attached hydrogens (primary N) is 1. The van der Waals surface area contributed by atoms with Crippen molar-refractivity contribution in [2.75, 3.05) is 5.73 Å². The minimum Gasteiger partial charge on any atom is -0.383 e. The monoisotopic (exact) mass is 252 g/mol. The lowest BCUT2D eigenvalue weighted by Gasteiger charge is -2.04. The van der Waals surface area contributed by atoms with Gasteiger partial charge in [0.1, 0.15) is 5.82 Å². The summed E-state index contributed by atoms with van der Waals surface area (Å²) in [4.78, 5) is 15.6. The standard InChI is InChI=1S/C12H7F3N2O/c13-8-4-6(5-9(14)10(8)15)11(18)7-2-1-3-17-12(7)16/h1-5H,(H2,16,17). The molecule has 2 aromatic rings. The number of hydrogen-bond donors (Lipinski definition) is 1. The summed E-state index contributed by atoms with van der Waals surface area (Å²) in [7, 11) is 0. The number of rotatable bonds is 2. The number of pyridine rings is 1. The highest BCUT2D eigenvalue weighted by Crippen LogP contribution is 2.18. The topological polar surface area (TPSA) is 56.0 Å². The first-order valence-electron chi connectivity index (χ1n) is 4.90. The van der Waals surface area contributed by atoms with Crippen molar-refractivity contribution in [1.29, 1.82) is 0 Å². The molecule has 0 saturated carbocycles. The Balaban J connectivity index is 2.51. The summed E-state index contributed by atoms with van der Waals surface area (Å²) in [6, 6.07) is 4.06. The average molecular weight is 252 g/mol. The molecule has 0 unspecified atom stereocenters. The molecule has 1 aromatic heterocycles. The Morgan fingerprint density at radius 1 is 1.17 bits per heavy atom. The van der Waals surface area contributed by atoms with Crippen molar-refractivity contribution < 1.29 is 18.0 Å². The molecule has 0 aliphatic rings. The lowest BCUT2D eigenvalue weighted by Crippen LogP contribution is -2.08. The number of hydrogen-bond acceptors (Lipinski definition) is 3. The van der Waals surface area contributed by atoms with Crippen LogP contribution in [0.2, 0.25) is 0 Å². The molecule has 0 aliphatic carbocycles. The van der Waals surface area contributed by atoms with Crippen molar-refractivity contribution in [1.82, 2.24) is 4.98 Å². The van der Waals surface area contributed by atoms with Gasteiger partial charge in [0.2, 0.25) is 0 Å². The number of anilines is 1. The van der Waals surface area contributed by atoms with E-state index >= 15 is 0 Å². The average Bonchev–Trinajstić information content (AvgIpc) is 2.35. The van der Waals surface area contributed by atoms with Gasteiger partial charge in [-0.1, -0.05) is 0 Å². The molecule has 0 aliphatic heterocycles. The second-order valence-electron chi connectivity index (χ2n) is 3.52. The molecule has 92 valence electrons. The third-order valence-corrected chi connectivity index (χ3v) is 2.33. The molecular formula is C12H7F3N2O. The van der Waals surface area contributed by atoms with E-state index in [-0.39, 0.29) is 16.9 Å². The van der Waals surface area contributed by atoms with Gasteiger partial charge in [0.05, 0.1) is 5.56 Å². The van der Waals surface area contributed by atoms with Crippen molar-refractivity contribution in [2.45, 2.75) is 0 Å². The van der Waals surface area contributed by atoms with Crippen molar-refractivity contribution in [2.24, 2.45) is 0 Å². The SMILES string of the molecule is Nc1ncccc1C(=O)c1cc(F)c(F)c(F)c1. The number of benzene rings is 1. The number of nitrogens with zero attached hydrogens (tertiary/aromatic N) is 1. The van der Waals surface area contributed by atoms with Crippen LogP contribution in [0, 0.1) is 17.5 Å². The number of carbonyl (C=O) groups is 1. The number of halogens is 3. The quantitative estimate of drug-likeness (QED) is 0.659. The maximum atomic E-state index is 13.0. The summed E-state index contributed by atoms with van der Waals surface area (Å²) in [6.07, 6.45) is 1.37. The van der Waals surface area contributed by atoms with E-state index in [9.17, 15) is 18.0 Å². The molecule has 0 fully saturated rings. The number of aromatic nitrogens is 1. The van der Waals surface area contributed by atoms with Crippen molar-refractivity contribution in [3.63, 3.8) is 0 Å². The van der Waals surface area contributed by atoms with Crippen LogP contribution in [0.25, 0.3) is 0 Å². The Kier molecular flexibility index (Phi) is 3.01. The van der Waals surface area contributed by atoms with Crippen LogP contribution in [-0.2, 0) is 0 Å². The lowest BCUT2D eigenvalue weighted by molar-refractivity contribution is 0.103. The van der Waals surface area contributed by atoms with E-state index in [0.29, 0.717) is 12.1 Å². The highest BCUT2D eigenvalue weighted by Gasteiger charge is 2.18. The Morgan fingerprint density at radius 2 is 1.78 bits per heavy atom. The first-order chi connectivity index (χ1) is 8.50. The predicted octanol–water partition coefficient (Wildman–Crippen LogP) is 2.31. The maximum Gasteiger partial charge on any atom is 0.196 e. The van der Waals surface area contributed by atoms with E-state index in [1.54, 1.807) is 0 Å². The Labute approximate surface area is 100 Å². The van der Waals surface area contributed by atoms with Crippen LogP contribution in [0.4, 0.5) is 19.0 Å². The largest absolute Gasteiger partial charge is 0.383 e. The molecule has 6 heteroatoms. The van der Waals surface area contributed by atoms with Gasteiger partial charge in [-0.3, -0.25) is 4.79 Å². The summed E-state index contributed by atoms with van der Waals surface area (Å²) in [5, 5.41) is 0. The van der Waals surface area contributed by atoms with Gasteiger partial charge in [0.15, 0.2) is 23.2 Å². The lowest BCUT2D eigenvalue weighted by atomic mass is 10.0. The van der Waals surface area contributed by atoms with Crippen molar-refractivity contribution >= 4 is 11.6 Å². The molecule has 0 atom stereocenters. The smallest absolute Gasteiger partial charge is 0.196 e. The maximum absolute atomic E-state index is 13.0. The van der Waals surface area contributed by atoms with Crippen LogP contribution in [0.1, 0.15) is 15.9 Å². The van der Waals surface area contributed by atoms with E-state index in [1.165, 1.54) is 18.3 Å². The van der Waals surface area contributed by atoms with E-state index < -0.39 is 23.2 Å². The van der Waals surface area contributed by atoms with Gasteiger partial charge in [-0.2, -0.15) is 0 Å². The Morgan fingerprint density at radius 3 is 2.33 bits per heavy atom. The summed E-state index contributed by atoms with van der Waals surface area (Å²) >= 11 is 0. The zero-order chi connectivity index (χ0) is 13.3. The molecule has 0 spiro atoms. The summed E-state index contributed by atoms with van der Waals surface area (Å²) in [5.74, 6) is -5.27. The van der Waals surface area contributed by atoms with Gasteiger partial charge >= 0.3 is 0 Å². The second-order valence-corrected chi connectivity index (χ2v) is 3.52. The fourth-order valence-corrected chi connectivity index (χ4v) is 1.45. The van der Waals surface area contributed by atoms with Gasteiger partial charge in [-0.15, -0.1) is 0 Å². The van der Waals surface area contributed by atoms with Gasteiger partial charge in [0.25, 0.3) is 0 Å². The third-order valence-electron chi connectivity index (χ3n) is 2.33. The Hall–Kier alpha value is -2.37. The number of ketones is 1. The van der Waals surface area contributed by atoms with Gasteiger partial charge in [-0.05, 0) is 24.3 Å². The zero-order valence-corrected chi connectivity index (χ0v) is 8.95. The highest BCUT2D eigenvalue weighted by atomic mass is 19.2. The molecular weight excluding hydrogens is 245 g/mol. The first kappa shape index (κ1) is 12.1. The van der Waals surface area contributed by atoms with E-state index in [4.69, 9.17) is 5.73 Å². The van der Waals surface area contributed by atoms with Crippen LogP contribution >= 0.6 is 0 Å². The molecule has 3 nitrogen and oxygen atoms in total. The molecule has 18 heavy (non-hydrogen) atoms. The minimum absolute atomic E-state index is 0.00269. The molecule has 0 radical (unpaired) electrons. The van der Waals surface area contributed by atoms with Crippen LogP contribution < -0.4 is 5.73 Å². The first-order valence-corrected chi connectivity index (χ1v) is 4.90. The van der Waals surface area contributed by atoms with Crippen LogP contribution in [0.15, 0.2) is 30.5 Å². The molecule has 0 saturated heterocycles. The van der Waals surface area contributed by atoms with Crippen LogP contribution in [0.3, 0.4) is 0 Å². The Bertz CT molecular complexity index is 605. The fourth-order valence-electron chi connectivity index (χ4n) is 1.45. The van der Waals surface area contributed by atoms with Crippen LogP contribution in [-0.4, -0.2) is 10.8 Å². The van der Waals surface area contributed by atoms with E-state index in [0.717, 1.165) is 0 Å². The number of nitrogen functional groups attached to an aromatic ring is 1. The molecule has 0 amide bonds. The summed E-state index contributed by atoms with van der Waals surface area (Å²) < 4.78 is 38.8. The van der Waals surface area contributed by atoms with Crippen molar-refractivity contribution in [3.8, 4) is 0 Å². The van der Waals surface area contributed by atoms with Gasteiger partial charge in [-0.25, -0.2) is 18.2 Å². The summed E-state index contributed by atoms with van der Waals surface area (Å²) in [5.41, 5.74) is 5.15. The van der Waals surface area contributed by atoms with Gasteiger partial charge < -0.3 is 5.73 Å². The molecule has 2 rings (SSSR count). The third kappa shape index (κ3) is 2.04. The van der Waals surface area contributed by atoms with E-state index in [1.807, 2.05) is 0 Å². The van der Waals surface area contributed by atoms with Crippen molar-refractivity contribution in [3.05, 3.63) is 59.0 Å². The van der Waals surface area contributed by atoms with E-state index in [2.05, 4.69) is 4.98 Å². The molecule has 1 heterocycles. The molecule has 0 bridgehead atoms. The molecule has 1 aromatic carbocycles. The predicted molar refractivity (Wildman–Crippen MR) is 58.4 cm³/mol. The zero-order valence-electron chi connectivity index (χ0n) is 8.95. The van der Waals surface area contributed by atoms with Crippen LogP contribution in [0.5, 0.6) is 0 Å². The minimum atomic E-state index is -1.62. The normalized spacial score (nSPS) is 10.4. The fraction of sp³-hybridized carbons (Fsp3) is 0. The molecule has 2 N–H and O–H groups in total. The highest BCUT2D eigenvalue weighted by molar-refractivity contribution is 6.11. The summed E-state index contributed by atoms with van der Waals surface area (Å²) in [6.45, 7) is 0.